The molecule has 1 aromatic rings. The van der Waals surface area contributed by atoms with Gasteiger partial charge < -0.3 is 10.6 Å². The number of hydrogen-bond donors (Lipinski definition) is 2. The van der Waals surface area contributed by atoms with E-state index in [2.05, 4.69) is 26.2 Å². The Morgan fingerprint density at radius 3 is 2.76 bits per heavy atom. The van der Waals surface area contributed by atoms with Crippen LogP contribution in [0.25, 0.3) is 0 Å². The summed E-state index contributed by atoms with van der Waals surface area (Å²) in [6, 6.07) is -0.703. The van der Waals surface area contributed by atoms with Gasteiger partial charge in [-0.2, -0.15) is 0 Å². The molecule has 0 bridgehead atoms. The van der Waals surface area contributed by atoms with Gasteiger partial charge in [-0.3, -0.25) is 9.59 Å². The van der Waals surface area contributed by atoms with Gasteiger partial charge in [0.2, 0.25) is 5.91 Å². The van der Waals surface area contributed by atoms with Gasteiger partial charge in [0.15, 0.2) is 5.78 Å². The Balaban J connectivity index is 0.00000220. The molecule has 2 heterocycles. The topological polar surface area (TPSA) is 102 Å². The first-order valence-corrected chi connectivity index (χ1v) is 6.85. The summed E-state index contributed by atoms with van der Waals surface area (Å²) in [5.74, 6) is -0.186. The molecule has 0 saturated carbocycles. The highest BCUT2D eigenvalue weighted by Gasteiger charge is 2.29. The Bertz CT molecular complexity index is 458. The van der Waals surface area contributed by atoms with E-state index in [1.54, 1.807) is 0 Å². The first-order valence-electron chi connectivity index (χ1n) is 6.85. The van der Waals surface area contributed by atoms with E-state index in [4.69, 9.17) is 0 Å². The van der Waals surface area contributed by atoms with E-state index in [0.29, 0.717) is 0 Å². The fourth-order valence-corrected chi connectivity index (χ4v) is 2.29. The number of Topliss-reactive ketones (excluding diaryl/α,β-unsaturated/α-hetero) is 1. The maximum Gasteiger partial charge on any atom is 0.237 e. The van der Waals surface area contributed by atoms with Gasteiger partial charge in [0, 0.05) is 0 Å². The quantitative estimate of drug-likeness (QED) is 0.737. The summed E-state index contributed by atoms with van der Waals surface area (Å²) in [6.45, 7) is 4.73. The van der Waals surface area contributed by atoms with Crippen molar-refractivity contribution in [2.75, 3.05) is 6.54 Å². The first-order chi connectivity index (χ1) is 9.58. The van der Waals surface area contributed by atoms with E-state index in [1.165, 1.54) is 11.0 Å². The molecule has 9 heteroatoms. The van der Waals surface area contributed by atoms with Crippen molar-refractivity contribution in [1.29, 1.82) is 0 Å². The molecule has 8 nitrogen and oxygen atoms in total. The van der Waals surface area contributed by atoms with Gasteiger partial charge >= 0.3 is 0 Å². The molecule has 1 aromatic heterocycles. The SMILES string of the molecule is CC(C)C(NC(=O)C1CCCN1)C(=O)Cn1cnnn1.Cl. The highest BCUT2D eigenvalue weighted by Crippen LogP contribution is 2.09. The number of halogens is 1. The number of carbonyl (C=O) groups excluding carboxylic acids is 2. The molecule has 0 radical (unpaired) electrons. The lowest BCUT2D eigenvalue weighted by Gasteiger charge is -2.23. The van der Waals surface area contributed by atoms with Crippen LogP contribution >= 0.6 is 12.4 Å². The molecule has 2 N–H and O–H groups in total. The average Bonchev–Trinajstić information content (AvgIpc) is 3.07. The molecule has 1 saturated heterocycles. The van der Waals surface area contributed by atoms with Gasteiger partial charge in [0.1, 0.15) is 12.9 Å². The summed E-state index contributed by atoms with van der Waals surface area (Å²) in [5, 5.41) is 16.6. The molecular formula is C12H21ClN6O2. The monoisotopic (exact) mass is 316 g/mol. The van der Waals surface area contributed by atoms with Crippen LogP contribution in [0.2, 0.25) is 0 Å². The van der Waals surface area contributed by atoms with Crippen molar-refractivity contribution in [3.05, 3.63) is 6.33 Å². The van der Waals surface area contributed by atoms with Crippen molar-refractivity contribution in [2.45, 2.75) is 45.3 Å². The molecule has 1 amide bonds. The van der Waals surface area contributed by atoms with Gasteiger partial charge in [-0.15, -0.1) is 17.5 Å². The Hall–Kier alpha value is -1.54. The normalized spacial score (nSPS) is 19.1. The second-order valence-electron chi connectivity index (χ2n) is 5.35. The highest BCUT2D eigenvalue weighted by atomic mass is 35.5. The van der Waals surface area contributed by atoms with E-state index in [9.17, 15) is 9.59 Å². The van der Waals surface area contributed by atoms with Crippen molar-refractivity contribution < 1.29 is 9.59 Å². The van der Waals surface area contributed by atoms with Crippen LogP contribution in [0.15, 0.2) is 6.33 Å². The molecule has 1 fully saturated rings. The molecular weight excluding hydrogens is 296 g/mol. The van der Waals surface area contributed by atoms with Crippen LogP contribution in [0.1, 0.15) is 26.7 Å². The van der Waals surface area contributed by atoms with Gasteiger partial charge in [-0.1, -0.05) is 13.8 Å². The summed E-state index contributed by atoms with van der Waals surface area (Å²) >= 11 is 0. The number of ketones is 1. The number of aromatic nitrogens is 4. The van der Waals surface area contributed by atoms with E-state index < -0.39 is 6.04 Å². The molecule has 0 aliphatic carbocycles. The zero-order valence-corrected chi connectivity index (χ0v) is 13.0. The average molecular weight is 317 g/mol. The maximum absolute atomic E-state index is 12.3. The van der Waals surface area contributed by atoms with E-state index in [0.717, 1.165) is 19.4 Å². The summed E-state index contributed by atoms with van der Waals surface area (Å²) < 4.78 is 1.36. The molecule has 0 aromatic carbocycles. The Labute approximate surface area is 129 Å². The van der Waals surface area contributed by atoms with Crippen LogP contribution < -0.4 is 10.6 Å². The third kappa shape index (κ3) is 4.75. The number of nitrogens with one attached hydrogen (secondary N) is 2. The van der Waals surface area contributed by atoms with E-state index in [1.807, 2.05) is 13.8 Å². The summed E-state index contributed by atoms with van der Waals surface area (Å²) in [5.41, 5.74) is 0. The molecule has 2 rings (SSSR count). The predicted molar refractivity (Wildman–Crippen MR) is 77.9 cm³/mol. The van der Waals surface area contributed by atoms with Crippen molar-refractivity contribution in [3.8, 4) is 0 Å². The minimum atomic E-state index is -0.519. The number of rotatable bonds is 6. The number of tetrazole rings is 1. The second-order valence-corrected chi connectivity index (χ2v) is 5.35. The summed E-state index contributed by atoms with van der Waals surface area (Å²) in [7, 11) is 0. The second kappa shape index (κ2) is 8.04. The summed E-state index contributed by atoms with van der Waals surface area (Å²) in [6.07, 6.45) is 3.19. The molecule has 21 heavy (non-hydrogen) atoms. The number of amides is 1. The smallest absolute Gasteiger partial charge is 0.237 e. The third-order valence-corrected chi connectivity index (χ3v) is 3.40. The lowest BCUT2D eigenvalue weighted by Crippen LogP contribution is -2.51. The van der Waals surface area contributed by atoms with E-state index >= 15 is 0 Å². The zero-order valence-electron chi connectivity index (χ0n) is 12.2. The Kier molecular flexibility index (Phi) is 6.70. The Morgan fingerprint density at radius 2 is 2.24 bits per heavy atom. The van der Waals surface area contributed by atoms with Gasteiger partial charge in [0.25, 0.3) is 0 Å². The number of hydrogen-bond acceptors (Lipinski definition) is 6. The number of carbonyl (C=O) groups is 2. The van der Waals surface area contributed by atoms with Crippen LogP contribution in [0, 0.1) is 5.92 Å². The molecule has 1 aliphatic rings. The van der Waals surface area contributed by atoms with Crippen LogP contribution in [-0.2, 0) is 16.1 Å². The summed E-state index contributed by atoms with van der Waals surface area (Å²) in [4.78, 5) is 24.3. The predicted octanol–water partition coefficient (Wildman–Crippen LogP) is -0.443. The van der Waals surface area contributed by atoms with Crippen LogP contribution in [0.4, 0.5) is 0 Å². The molecule has 2 atom stereocenters. The van der Waals surface area contributed by atoms with Crippen molar-refractivity contribution in [2.24, 2.45) is 5.92 Å². The maximum atomic E-state index is 12.3. The molecule has 118 valence electrons. The van der Waals surface area contributed by atoms with Gasteiger partial charge in [0.05, 0.1) is 12.1 Å². The van der Waals surface area contributed by atoms with Crippen molar-refractivity contribution in [1.82, 2.24) is 30.8 Å². The van der Waals surface area contributed by atoms with Crippen molar-refractivity contribution in [3.63, 3.8) is 0 Å². The van der Waals surface area contributed by atoms with Gasteiger partial charge in [-0.05, 0) is 35.7 Å². The first kappa shape index (κ1) is 17.5. The lowest BCUT2D eigenvalue weighted by atomic mass is 9.99. The lowest BCUT2D eigenvalue weighted by molar-refractivity contribution is -0.130. The Morgan fingerprint density at radius 1 is 1.48 bits per heavy atom. The van der Waals surface area contributed by atoms with Crippen LogP contribution in [0.3, 0.4) is 0 Å². The molecule has 2 unspecified atom stereocenters. The molecule has 0 spiro atoms. The third-order valence-electron chi connectivity index (χ3n) is 3.40. The molecule has 1 aliphatic heterocycles. The minimum absolute atomic E-state index is 0. The fourth-order valence-electron chi connectivity index (χ4n) is 2.29. The largest absolute Gasteiger partial charge is 0.345 e. The van der Waals surface area contributed by atoms with Crippen molar-refractivity contribution >= 4 is 24.1 Å². The fraction of sp³-hybridized carbons (Fsp3) is 0.750. The minimum Gasteiger partial charge on any atom is -0.345 e. The van der Waals surface area contributed by atoms with E-state index in [-0.39, 0.29) is 42.6 Å². The standard InChI is InChI=1S/C12H20N6O2.ClH/c1-8(2)11(10(19)6-18-7-14-16-17-18)15-12(20)9-4-3-5-13-9;/h7-9,11,13H,3-6H2,1-2H3,(H,15,20);1H. The van der Waals surface area contributed by atoms with Crippen LogP contribution in [0.5, 0.6) is 0 Å². The number of nitrogens with zero attached hydrogens (tertiary/aromatic N) is 4. The van der Waals surface area contributed by atoms with Gasteiger partial charge in [-0.25, -0.2) is 4.68 Å². The highest BCUT2D eigenvalue weighted by molar-refractivity contribution is 5.91. The zero-order chi connectivity index (χ0) is 14.5. The van der Waals surface area contributed by atoms with Crippen LogP contribution in [-0.4, -0.2) is 50.5 Å².